The normalized spacial score (nSPS) is 19.9. The number of carbonyl (C=O) groups is 3. The fraction of sp³-hybridized carbons (Fsp3) is 0.609. The summed E-state index contributed by atoms with van der Waals surface area (Å²) >= 11 is 0. The Morgan fingerprint density at radius 1 is 0.966 bits per heavy atom. The lowest BCUT2D eigenvalue weighted by Crippen LogP contribution is -2.46. The molecule has 0 aliphatic carbocycles. The van der Waals surface area contributed by atoms with Gasteiger partial charge in [0.15, 0.2) is 0 Å². The summed E-state index contributed by atoms with van der Waals surface area (Å²) in [5.41, 5.74) is 1.68. The summed E-state index contributed by atoms with van der Waals surface area (Å²) in [5, 5.41) is 3.00. The number of rotatable bonds is 5. The minimum Gasteiger partial charge on any atom is -0.352 e. The number of nitrogens with zero attached hydrogens (tertiary/aromatic N) is 2. The predicted molar refractivity (Wildman–Crippen MR) is 112 cm³/mol. The molecule has 6 nitrogen and oxygen atoms in total. The first-order chi connectivity index (χ1) is 14.0. The van der Waals surface area contributed by atoms with Crippen LogP contribution in [0.25, 0.3) is 0 Å². The van der Waals surface area contributed by atoms with E-state index in [4.69, 9.17) is 0 Å². The Kier molecular flexibility index (Phi) is 7.29. The molecule has 0 aromatic heterocycles. The van der Waals surface area contributed by atoms with Gasteiger partial charge >= 0.3 is 0 Å². The summed E-state index contributed by atoms with van der Waals surface area (Å²) in [7, 11) is 0. The molecule has 2 fully saturated rings. The monoisotopic (exact) mass is 399 g/mol. The second-order valence-electron chi connectivity index (χ2n) is 8.55. The SMILES string of the molecule is CC(C)C(=O)N1CCCC(C(=O)NCc2ccc(C(=O)N3CCCCC3)cc2)C1. The van der Waals surface area contributed by atoms with E-state index in [0.29, 0.717) is 18.7 Å². The minimum absolute atomic E-state index is 0.000254. The number of hydrogen-bond donors (Lipinski definition) is 1. The van der Waals surface area contributed by atoms with Gasteiger partial charge in [-0.15, -0.1) is 0 Å². The predicted octanol–water partition coefficient (Wildman–Crippen LogP) is 2.82. The molecule has 2 aliphatic heterocycles. The van der Waals surface area contributed by atoms with Crippen LogP contribution in [0.3, 0.4) is 0 Å². The van der Waals surface area contributed by atoms with Crippen molar-refractivity contribution in [2.75, 3.05) is 26.2 Å². The number of likely N-dealkylation sites (tertiary alicyclic amines) is 2. The molecule has 6 heteroatoms. The van der Waals surface area contributed by atoms with Gasteiger partial charge in [0.2, 0.25) is 11.8 Å². The van der Waals surface area contributed by atoms with Gasteiger partial charge in [-0.3, -0.25) is 14.4 Å². The molecule has 2 saturated heterocycles. The van der Waals surface area contributed by atoms with Crippen molar-refractivity contribution in [2.24, 2.45) is 11.8 Å². The van der Waals surface area contributed by atoms with Crippen LogP contribution in [0.5, 0.6) is 0 Å². The number of nitrogens with one attached hydrogen (secondary N) is 1. The summed E-state index contributed by atoms with van der Waals surface area (Å²) in [4.78, 5) is 41.1. The van der Waals surface area contributed by atoms with Crippen LogP contribution in [0.4, 0.5) is 0 Å². The minimum atomic E-state index is -0.147. The zero-order chi connectivity index (χ0) is 20.8. The third kappa shape index (κ3) is 5.58. The molecule has 0 bridgehead atoms. The van der Waals surface area contributed by atoms with E-state index in [1.54, 1.807) is 0 Å². The molecule has 29 heavy (non-hydrogen) atoms. The van der Waals surface area contributed by atoms with Crippen molar-refractivity contribution in [1.82, 2.24) is 15.1 Å². The molecule has 0 radical (unpaired) electrons. The van der Waals surface area contributed by atoms with E-state index in [0.717, 1.165) is 50.9 Å². The van der Waals surface area contributed by atoms with Crippen molar-refractivity contribution >= 4 is 17.7 Å². The van der Waals surface area contributed by atoms with Crippen molar-refractivity contribution in [3.63, 3.8) is 0 Å². The largest absolute Gasteiger partial charge is 0.352 e. The Hall–Kier alpha value is -2.37. The second-order valence-corrected chi connectivity index (χ2v) is 8.55. The Balaban J connectivity index is 1.50. The van der Waals surface area contributed by atoms with Gasteiger partial charge in [0.05, 0.1) is 5.92 Å². The first kappa shape index (κ1) is 21.3. The Morgan fingerprint density at radius 2 is 1.62 bits per heavy atom. The quantitative estimate of drug-likeness (QED) is 0.828. The summed E-state index contributed by atoms with van der Waals surface area (Å²) in [6, 6.07) is 7.52. The third-order valence-corrected chi connectivity index (χ3v) is 5.91. The fourth-order valence-electron chi connectivity index (χ4n) is 4.13. The van der Waals surface area contributed by atoms with Crippen molar-refractivity contribution in [2.45, 2.75) is 52.5 Å². The Morgan fingerprint density at radius 3 is 2.28 bits per heavy atom. The van der Waals surface area contributed by atoms with Crippen molar-refractivity contribution in [1.29, 1.82) is 0 Å². The topological polar surface area (TPSA) is 69.7 Å². The van der Waals surface area contributed by atoms with E-state index in [1.165, 1.54) is 6.42 Å². The lowest BCUT2D eigenvalue weighted by atomic mass is 9.96. The number of carbonyl (C=O) groups excluding carboxylic acids is 3. The summed E-state index contributed by atoms with van der Waals surface area (Å²) in [6.07, 6.45) is 5.04. The van der Waals surface area contributed by atoms with Crippen LogP contribution in [-0.2, 0) is 16.1 Å². The average Bonchev–Trinajstić information content (AvgIpc) is 2.77. The number of amides is 3. The highest BCUT2D eigenvalue weighted by Gasteiger charge is 2.29. The summed E-state index contributed by atoms with van der Waals surface area (Å²) < 4.78 is 0. The fourth-order valence-corrected chi connectivity index (χ4v) is 4.13. The number of piperidine rings is 2. The molecule has 2 aliphatic rings. The summed E-state index contributed by atoms with van der Waals surface area (Å²) in [6.45, 7) is 7.16. The van der Waals surface area contributed by atoms with E-state index in [2.05, 4.69) is 5.32 Å². The van der Waals surface area contributed by atoms with Gasteiger partial charge in [0.1, 0.15) is 0 Å². The van der Waals surface area contributed by atoms with Crippen LogP contribution < -0.4 is 5.32 Å². The molecule has 158 valence electrons. The first-order valence-electron chi connectivity index (χ1n) is 10.9. The van der Waals surface area contributed by atoms with E-state index in [9.17, 15) is 14.4 Å². The molecule has 3 rings (SSSR count). The van der Waals surface area contributed by atoms with Gasteiger partial charge in [-0.05, 0) is 49.8 Å². The molecule has 1 unspecified atom stereocenters. The molecule has 1 aromatic rings. The van der Waals surface area contributed by atoms with E-state index >= 15 is 0 Å². The zero-order valence-electron chi connectivity index (χ0n) is 17.7. The van der Waals surface area contributed by atoms with Crippen LogP contribution in [0.2, 0.25) is 0 Å². The highest BCUT2D eigenvalue weighted by atomic mass is 16.2. The average molecular weight is 400 g/mol. The van der Waals surface area contributed by atoms with Crippen molar-refractivity contribution in [3.8, 4) is 0 Å². The van der Waals surface area contributed by atoms with Crippen molar-refractivity contribution in [3.05, 3.63) is 35.4 Å². The Labute approximate surface area is 173 Å². The summed E-state index contributed by atoms with van der Waals surface area (Å²) in [5.74, 6) is 0.0305. The van der Waals surface area contributed by atoms with Crippen LogP contribution in [0.1, 0.15) is 61.9 Å². The first-order valence-corrected chi connectivity index (χ1v) is 10.9. The van der Waals surface area contributed by atoms with Gasteiger partial charge < -0.3 is 15.1 Å². The molecular formula is C23H33N3O3. The lowest BCUT2D eigenvalue weighted by Gasteiger charge is -2.33. The van der Waals surface area contributed by atoms with E-state index < -0.39 is 0 Å². The maximum atomic E-state index is 12.6. The molecule has 1 atom stereocenters. The molecule has 3 amide bonds. The molecule has 2 heterocycles. The molecule has 1 aromatic carbocycles. The van der Waals surface area contributed by atoms with Gasteiger partial charge in [-0.2, -0.15) is 0 Å². The van der Waals surface area contributed by atoms with Crippen LogP contribution in [0.15, 0.2) is 24.3 Å². The smallest absolute Gasteiger partial charge is 0.253 e. The number of benzene rings is 1. The van der Waals surface area contributed by atoms with Crippen LogP contribution in [0, 0.1) is 11.8 Å². The van der Waals surface area contributed by atoms with Crippen LogP contribution >= 0.6 is 0 Å². The lowest BCUT2D eigenvalue weighted by molar-refractivity contribution is -0.138. The maximum absolute atomic E-state index is 12.6. The van der Waals surface area contributed by atoms with Crippen molar-refractivity contribution < 1.29 is 14.4 Å². The van der Waals surface area contributed by atoms with Crippen LogP contribution in [-0.4, -0.2) is 53.7 Å². The van der Waals surface area contributed by atoms with Gasteiger partial charge in [-0.25, -0.2) is 0 Å². The zero-order valence-corrected chi connectivity index (χ0v) is 17.7. The van der Waals surface area contributed by atoms with E-state index in [-0.39, 0.29) is 29.6 Å². The molecule has 0 spiro atoms. The third-order valence-electron chi connectivity index (χ3n) is 5.91. The van der Waals surface area contributed by atoms with Gasteiger partial charge in [-0.1, -0.05) is 26.0 Å². The maximum Gasteiger partial charge on any atom is 0.253 e. The highest BCUT2D eigenvalue weighted by molar-refractivity contribution is 5.94. The second kappa shape index (κ2) is 9.90. The standard InChI is InChI=1S/C23H33N3O3/c1-17(2)22(28)26-14-6-7-20(16-26)21(27)24-15-18-8-10-19(11-9-18)23(29)25-12-4-3-5-13-25/h8-11,17,20H,3-7,12-16H2,1-2H3,(H,24,27). The van der Waals surface area contributed by atoms with E-state index in [1.807, 2.05) is 47.9 Å². The molecule has 1 N–H and O–H groups in total. The van der Waals surface area contributed by atoms with Gasteiger partial charge in [0.25, 0.3) is 5.91 Å². The highest BCUT2D eigenvalue weighted by Crippen LogP contribution is 2.19. The Bertz CT molecular complexity index is 723. The van der Waals surface area contributed by atoms with Gasteiger partial charge in [0, 0.05) is 44.2 Å². The molecule has 0 saturated carbocycles. The number of hydrogen-bond acceptors (Lipinski definition) is 3. The molecular weight excluding hydrogens is 366 g/mol.